The van der Waals surface area contributed by atoms with Gasteiger partial charge < -0.3 is 28.4 Å². The molecule has 0 atom stereocenters. The van der Waals surface area contributed by atoms with E-state index in [0.717, 1.165) is 29.7 Å². The molecule has 0 radical (unpaired) electrons. The van der Waals surface area contributed by atoms with Crippen molar-refractivity contribution in [2.75, 3.05) is 72.7 Å². The van der Waals surface area contributed by atoms with Gasteiger partial charge in [0, 0.05) is 6.61 Å². The Morgan fingerprint density at radius 2 is 0.714 bits per heavy atom. The summed E-state index contributed by atoms with van der Waals surface area (Å²) in [5, 5.41) is 0. The molecule has 3 aromatic rings. The molecule has 3 rings (SSSR count). The van der Waals surface area contributed by atoms with Crippen LogP contribution in [-0.4, -0.2) is 72.7 Å². The van der Waals surface area contributed by atoms with Gasteiger partial charge in [-0.1, -0.05) is 124 Å². The van der Waals surface area contributed by atoms with Gasteiger partial charge in [-0.15, -0.1) is 0 Å². The van der Waals surface area contributed by atoms with Crippen molar-refractivity contribution in [2.45, 2.75) is 44.6 Å². The van der Waals surface area contributed by atoms with E-state index >= 15 is 0 Å². The predicted molar refractivity (Wildman–Crippen MR) is 168 cm³/mol. The maximum Gasteiger partial charge on any atom is 0.143 e. The maximum absolute atomic E-state index is 6.72. The molecule has 0 saturated heterocycles. The molecule has 0 N–H and O–H groups in total. The molecule has 0 aliphatic heterocycles. The molecule has 6 heteroatoms. The number of benzene rings is 3. The van der Waals surface area contributed by atoms with Crippen LogP contribution in [0.2, 0.25) is 0 Å². The van der Waals surface area contributed by atoms with Crippen LogP contribution in [-0.2, 0) is 34.0 Å². The molecule has 0 unspecified atom stereocenters. The highest BCUT2D eigenvalue weighted by Gasteiger charge is 2.37. The molecule has 0 aromatic heterocycles. The van der Waals surface area contributed by atoms with E-state index in [1.165, 1.54) is 25.7 Å². The monoisotopic (exact) mass is 578 g/mol. The second kappa shape index (κ2) is 22.0. The highest BCUT2D eigenvalue weighted by atomic mass is 16.6. The quantitative estimate of drug-likeness (QED) is 0.0793. The van der Waals surface area contributed by atoms with Crippen LogP contribution >= 0.6 is 0 Å². The van der Waals surface area contributed by atoms with Crippen molar-refractivity contribution in [2.24, 2.45) is 0 Å². The molecule has 0 fully saturated rings. The minimum atomic E-state index is -0.731. The Morgan fingerprint density at radius 3 is 1.10 bits per heavy atom. The third-order valence-corrected chi connectivity index (χ3v) is 6.97. The maximum atomic E-state index is 6.72. The van der Waals surface area contributed by atoms with Gasteiger partial charge in [0.05, 0.1) is 66.1 Å². The zero-order valence-corrected chi connectivity index (χ0v) is 25.4. The molecule has 6 nitrogen and oxygen atoms in total. The van der Waals surface area contributed by atoms with E-state index in [1.807, 2.05) is 18.2 Å². The van der Waals surface area contributed by atoms with E-state index in [9.17, 15) is 0 Å². The molecule has 0 aliphatic rings. The smallest absolute Gasteiger partial charge is 0.143 e. The van der Waals surface area contributed by atoms with Gasteiger partial charge in [0.1, 0.15) is 5.60 Å². The zero-order chi connectivity index (χ0) is 29.4. The van der Waals surface area contributed by atoms with Gasteiger partial charge in [-0.25, -0.2) is 0 Å². The summed E-state index contributed by atoms with van der Waals surface area (Å²) in [5.41, 5.74) is 2.51. The van der Waals surface area contributed by atoms with Crippen LogP contribution in [0.1, 0.15) is 55.7 Å². The molecule has 230 valence electrons. The minimum absolute atomic E-state index is 0.436. The summed E-state index contributed by atoms with van der Waals surface area (Å²) >= 11 is 0. The molecule has 0 saturated carbocycles. The Labute approximate surface area is 253 Å². The Morgan fingerprint density at radius 1 is 0.381 bits per heavy atom. The molecule has 0 amide bonds. The SMILES string of the molecule is CCCCCCCOCCOCCOCCOCCOCCOC(c1ccccc1)(c1ccccc1)c1ccccc1. The van der Waals surface area contributed by atoms with Gasteiger partial charge in [-0.2, -0.15) is 0 Å². The number of hydrogen-bond acceptors (Lipinski definition) is 6. The van der Waals surface area contributed by atoms with Gasteiger partial charge in [0.25, 0.3) is 0 Å². The average Bonchev–Trinajstić information content (AvgIpc) is 3.05. The van der Waals surface area contributed by atoms with E-state index in [4.69, 9.17) is 28.4 Å². The first-order valence-electron chi connectivity index (χ1n) is 15.6. The molecule has 0 spiro atoms. The third-order valence-electron chi connectivity index (χ3n) is 6.97. The fourth-order valence-corrected chi connectivity index (χ4v) is 4.81. The van der Waals surface area contributed by atoms with Crippen LogP contribution in [0.4, 0.5) is 0 Å². The predicted octanol–water partition coefficient (Wildman–Crippen LogP) is 7.05. The van der Waals surface area contributed by atoms with Crippen molar-refractivity contribution in [3.8, 4) is 0 Å². The molecule has 0 heterocycles. The fourth-order valence-electron chi connectivity index (χ4n) is 4.81. The third kappa shape index (κ3) is 12.3. The van der Waals surface area contributed by atoms with Crippen LogP contribution in [0.5, 0.6) is 0 Å². The van der Waals surface area contributed by atoms with Gasteiger partial charge in [-0.05, 0) is 23.1 Å². The molecule has 3 aromatic carbocycles. The second-order valence-corrected chi connectivity index (χ2v) is 10.1. The second-order valence-electron chi connectivity index (χ2n) is 10.1. The van der Waals surface area contributed by atoms with Crippen LogP contribution in [0.3, 0.4) is 0 Å². The Bertz CT molecular complexity index is 918. The van der Waals surface area contributed by atoms with Gasteiger partial charge in [0.15, 0.2) is 0 Å². The first-order chi connectivity index (χ1) is 20.9. The standard InChI is InChI=1S/C36H50O6/c1-2-3-4-5-15-22-37-23-24-38-25-26-39-27-28-40-29-30-41-31-32-42-36(33-16-9-6-10-17-33,34-18-11-7-12-19-34)35-20-13-8-14-21-35/h6-14,16-21H,2-5,15,22-32H2,1H3. The summed E-state index contributed by atoms with van der Waals surface area (Å²) < 4.78 is 34.9. The first-order valence-corrected chi connectivity index (χ1v) is 15.6. The van der Waals surface area contributed by atoms with Crippen molar-refractivity contribution in [3.63, 3.8) is 0 Å². The molecule has 0 bridgehead atoms. The zero-order valence-electron chi connectivity index (χ0n) is 25.4. The summed E-state index contributed by atoms with van der Waals surface area (Å²) in [7, 11) is 0. The average molecular weight is 579 g/mol. The normalized spacial score (nSPS) is 11.6. The summed E-state index contributed by atoms with van der Waals surface area (Å²) in [6.07, 6.45) is 6.29. The van der Waals surface area contributed by atoms with E-state index < -0.39 is 5.60 Å². The first kappa shape index (κ1) is 33.9. The summed E-state index contributed by atoms with van der Waals surface area (Å²) in [6.45, 7) is 8.42. The van der Waals surface area contributed by atoms with Gasteiger partial charge in [-0.3, -0.25) is 0 Å². The van der Waals surface area contributed by atoms with Crippen molar-refractivity contribution >= 4 is 0 Å². The highest BCUT2D eigenvalue weighted by molar-refractivity contribution is 5.47. The molecular formula is C36H50O6. The molecular weight excluding hydrogens is 528 g/mol. The Hall–Kier alpha value is -2.58. The van der Waals surface area contributed by atoms with Crippen LogP contribution in [0, 0.1) is 0 Å². The topological polar surface area (TPSA) is 55.4 Å². The Balaban J connectivity index is 1.26. The minimum Gasteiger partial charge on any atom is -0.379 e. The van der Waals surface area contributed by atoms with Crippen LogP contribution in [0.15, 0.2) is 91.0 Å². The summed E-state index contributed by atoms with van der Waals surface area (Å²) in [5.74, 6) is 0. The van der Waals surface area contributed by atoms with Crippen molar-refractivity contribution in [1.29, 1.82) is 0 Å². The number of unbranched alkanes of at least 4 members (excludes halogenated alkanes) is 4. The summed E-state index contributed by atoms with van der Waals surface area (Å²) in [6, 6.07) is 31.1. The van der Waals surface area contributed by atoms with E-state index in [0.29, 0.717) is 66.1 Å². The number of ether oxygens (including phenoxy) is 6. The molecule has 42 heavy (non-hydrogen) atoms. The lowest BCUT2D eigenvalue weighted by atomic mass is 9.80. The fraction of sp³-hybridized carbons (Fsp3) is 0.500. The number of rotatable bonds is 25. The number of hydrogen-bond donors (Lipinski definition) is 0. The van der Waals surface area contributed by atoms with E-state index in [2.05, 4.69) is 79.7 Å². The van der Waals surface area contributed by atoms with Crippen LogP contribution < -0.4 is 0 Å². The highest BCUT2D eigenvalue weighted by Crippen LogP contribution is 2.40. The van der Waals surface area contributed by atoms with E-state index in [-0.39, 0.29) is 0 Å². The lowest BCUT2D eigenvalue weighted by molar-refractivity contribution is -0.0391. The van der Waals surface area contributed by atoms with E-state index in [1.54, 1.807) is 0 Å². The lowest BCUT2D eigenvalue weighted by Crippen LogP contribution is -2.34. The van der Waals surface area contributed by atoms with Gasteiger partial charge >= 0.3 is 0 Å². The Kier molecular flexibility index (Phi) is 17.8. The summed E-state index contributed by atoms with van der Waals surface area (Å²) in [4.78, 5) is 0. The van der Waals surface area contributed by atoms with Crippen molar-refractivity contribution < 1.29 is 28.4 Å². The largest absolute Gasteiger partial charge is 0.379 e. The van der Waals surface area contributed by atoms with Crippen LogP contribution in [0.25, 0.3) is 0 Å². The lowest BCUT2D eigenvalue weighted by Gasteiger charge is -2.36. The van der Waals surface area contributed by atoms with Crippen molar-refractivity contribution in [1.82, 2.24) is 0 Å². The van der Waals surface area contributed by atoms with Crippen molar-refractivity contribution in [3.05, 3.63) is 108 Å². The van der Waals surface area contributed by atoms with Gasteiger partial charge in [0.2, 0.25) is 0 Å². The molecule has 0 aliphatic carbocycles.